The van der Waals surface area contributed by atoms with E-state index in [9.17, 15) is 62.7 Å². The van der Waals surface area contributed by atoms with Gasteiger partial charge in [0.2, 0.25) is 11.8 Å². The number of ether oxygens (including phenoxy) is 2. The van der Waals surface area contributed by atoms with Crippen LogP contribution >= 0.6 is 35.2 Å². The molecule has 31 heteroatoms. The van der Waals surface area contributed by atoms with Gasteiger partial charge in [0.25, 0.3) is 15.6 Å². The summed E-state index contributed by atoms with van der Waals surface area (Å²) in [4.78, 5) is 106. The molecule has 27 nitrogen and oxygen atoms in total. The summed E-state index contributed by atoms with van der Waals surface area (Å²) in [6.07, 6.45) is -1.39. The molecule has 0 saturated carbocycles. The molecule has 1 saturated heterocycles. The van der Waals surface area contributed by atoms with Crippen LogP contribution in [0.2, 0.25) is 0 Å². The molecule has 0 aliphatic carbocycles. The van der Waals surface area contributed by atoms with Gasteiger partial charge in [-0.25, -0.2) is 19.3 Å². The van der Waals surface area contributed by atoms with E-state index in [1.54, 1.807) is 0 Å². The minimum atomic E-state index is -5.93. The predicted octanol–water partition coefficient (Wildman–Crippen LogP) is -0.905. The van der Waals surface area contributed by atoms with E-state index in [0.717, 1.165) is 61.8 Å². The third kappa shape index (κ3) is 21.1. The van der Waals surface area contributed by atoms with Gasteiger partial charge in [0.1, 0.15) is 36.3 Å². The Morgan fingerprint density at radius 2 is 1.59 bits per heavy atom. The maximum absolute atomic E-state index is 12.6. The van der Waals surface area contributed by atoms with Crippen molar-refractivity contribution in [2.45, 2.75) is 117 Å². The molecule has 66 heavy (non-hydrogen) atoms. The van der Waals surface area contributed by atoms with E-state index in [1.165, 1.54) is 27.9 Å². The molecule has 2 amide bonds. The van der Waals surface area contributed by atoms with Crippen molar-refractivity contribution >= 4 is 75.1 Å². The zero-order valence-electron chi connectivity index (χ0n) is 36.8. The number of hydrogen-bond donors (Lipinski definition) is 6. The number of thioether (sulfide) groups is 1. The first-order valence-electron chi connectivity index (χ1n) is 19.7. The van der Waals surface area contributed by atoms with Crippen molar-refractivity contribution in [2.24, 2.45) is 5.41 Å². The number of hydrogen-bond acceptors (Lipinski definition) is 25. The van der Waals surface area contributed by atoms with Gasteiger partial charge in [-0.2, -0.15) is 0 Å². The number of nitrogens with zero attached hydrogens (tertiary/aromatic N) is 4. The SMILES string of the molecule is C.CCCCC(=O)OC.CCCCC(=O)SCCNC(=O)CCNC(=O)C(O)C(C)(C)COP(=O)([O-])OP(=O)([O-])OCC1OC(C)(n2cnc3c(N)ncnc32)C(O)C1OP(=O)([O-])[O-].CO. The van der Waals surface area contributed by atoms with Crippen molar-refractivity contribution in [2.75, 3.05) is 52.0 Å². The van der Waals surface area contributed by atoms with Crippen molar-refractivity contribution in [3.63, 3.8) is 0 Å². The number of rotatable bonds is 25. The number of anilines is 1. The highest BCUT2D eigenvalue weighted by atomic mass is 32.2. The van der Waals surface area contributed by atoms with E-state index in [4.69, 9.17) is 15.6 Å². The minimum absolute atomic E-state index is 0. The summed E-state index contributed by atoms with van der Waals surface area (Å²) in [5.74, 6) is -1.27. The lowest BCUT2D eigenvalue weighted by molar-refractivity contribution is -0.347. The van der Waals surface area contributed by atoms with Crippen LogP contribution in [0, 0.1) is 5.41 Å². The molecule has 1 aliphatic heterocycles. The summed E-state index contributed by atoms with van der Waals surface area (Å²) >= 11 is 1.10. The van der Waals surface area contributed by atoms with Gasteiger partial charge in [0, 0.05) is 50.6 Å². The lowest BCUT2D eigenvalue weighted by Crippen LogP contribution is -2.46. The summed E-state index contributed by atoms with van der Waals surface area (Å²) in [5.41, 5.74) is 2.03. The normalized spacial score (nSPS) is 20.5. The summed E-state index contributed by atoms with van der Waals surface area (Å²) < 4.78 is 65.4. The van der Waals surface area contributed by atoms with Crippen LogP contribution in [0.1, 0.15) is 87.0 Å². The van der Waals surface area contributed by atoms with Crippen molar-refractivity contribution in [3.05, 3.63) is 12.7 Å². The molecule has 7 unspecified atom stereocenters. The van der Waals surface area contributed by atoms with Gasteiger partial charge in [-0.1, -0.05) is 59.7 Å². The van der Waals surface area contributed by atoms with Crippen LogP contribution in [0.4, 0.5) is 5.82 Å². The molecule has 0 spiro atoms. The number of carbonyl (C=O) groups excluding carboxylic acids is 4. The summed E-state index contributed by atoms with van der Waals surface area (Å²) in [6, 6.07) is 0. The standard InChI is InChI=1S/C27H46N7O17P3S.C6H12O2.CH4O.CH4/c1-5-6-7-18(36)55-11-10-29-17(35)8-9-30-25(39)22(38)26(2,3)13-48-54(45,46)51-53(43,44)47-12-16-20(50-52(40,41)42)21(37)27(4,49-16)34-15-33-19-23(28)31-14-32-24(19)34;1-3-4-5-6(7)8-2;1-2;/h14-16,20-22,37-38H,5-13H2,1-4H3,(H,29,35)(H,30,39)(H,43,44)(H,45,46)(H2,28,31,32)(H2,40,41,42);3-5H2,1-2H3;2H,1H3;1H4/p-4. The molecular weight excluding hydrogens is 963 g/mol. The Morgan fingerprint density at radius 3 is 2.18 bits per heavy atom. The van der Waals surface area contributed by atoms with E-state index in [1.807, 2.05) is 13.8 Å². The van der Waals surface area contributed by atoms with Crippen molar-refractivity contribution in [3.8, 4) is 0 Å². The number of methoxy groups -OCH3 is 1. The number of esters is 1. The van der Waals surface area contributed by atoms with Crippen LogP contribution in [-0.2, 0) is 66.0 Å². The summed E-state index contributed by atoms with van der Waals surface area (Å²) in [7, 11) is -15.2. The van der Waals surface area contributed by atoms with Crippen LogP contribution < -0.4 is 35.9 Å². The van der Waals surface area contributed by atoms with Gasteiger partial charge in [0.05, 0.1) is 34.5 Å². The van der Waals surface area contributed by atoms with E-state index >= 15 is 0 Å². The molecule has 7 N–H and O–H groups in total. The Morgan fingerprint density at radius 1 is 0.985 bits per heavy atom. The summed E-state index contributed by atoms with van der Waals surface area (Å²) in [6.45, 7) is 5.31. The van der Waals surface area contributed by atoms with Crippen LogP contribution in [0.25, 0.3) is 11.2 Å². The molecule has 1 aliphatic rings. The molecule has 2 aromatic heterocycles. The Kier molecular flexibility index (Phi) is 27.8. The Bertz CT molecular complexity index is 1990. The number of aliphatic hydroxyl groups is 3. The fourth-order valence-corrected chi connectivity index (χ4v) is 8.85. The number of unbranched alkanes of at least 4 members (excludes halogenated alkanes) is 2. The molecule has 1 fully saturated rings. The number of nitrogen functional groups attached to an aromatic ring is 1. The lowest BCUT2D eigenvalue weighted by Gasteiger charge is -2.36. The number of carbonyl (C=O) groups is 4. The van der Waals surface area contributed by atoms with Crippen molar-refractivity contribution in [1.29, 1.82) is 0 Å². The first-order chi connectivity index (χ1) is 30.2. The van der Waals surface area contributed by atoms with Gasteiger partial charge >= 0.3 is 5.97 Å². The number of phosphoric acid groups is 3. The average Bonchev–Trinajstić information content (AvgIpc) is 3.78. The third-order valence-corrected chi connectivity index (χ3v) is 12.9. The van der Waals surface area contributed by atoms with Gasteiger partial charge in [-0.15, -0.1) is 0 Å². The van der Waals surface area contributed by atoms with Crippen LogP contribution in [-0.4, -0.2) is 128 Å². The Balaban J connectivity index is 0.00000346. The molecule has 3 rings (SSSR count). The molecule has 0 aromatic carbocycles. The second-order valence-corrected chi connectivity index (χ2v) is 19.8. The maximum Gasteiger partial charge on any atom is 0.305 e. The number of fused-ring (bicyclic) bond motifs is 1. The van der Waals surface area contributed by atoms with Crippen LogP contribution in [0.3, 0.4) is 0 Å². The van der Waals surface area contributed by atoms with Gasteiger partial charge < -0.3 is 78.9 Å². The average molecular weight is 1030 g/mol. The zero-order chi connectivity index (χ0) is 49.8. The number of phosphoric ester groups is 3. The topological polar surface area (TPSA) is 421 Å². The Labute approximate surface area is 386 Å². The molecule has 382 valence electrons. The number of amides is 2. The predicted molar refractivity (Wildman–Crippen MR) is 229 cm³/mol. The fourth-order valence-electron chi connectivity index (χ4n) is 5.40. The molecule has 3 heterocycles. The monoisotopic (exact) mass is 1030 g/mol. The number of aliphatic hydroxyl groups excluding tert-OH is 3. The molecule has 0 radical (unpaired) electrons. The maximum atomic E-state index is 12.6. The van der Waals surface area contributed by atoms with E-state index < -0.39 is 84.1 Å². The van der Waals surface area contributed by atoms with Gasteiger partial charge in [0.15, 0.2) is 22.3 Å². The number of aromatic nitrogens is 4. The molecule has 2 aromatic rings. The first-order valence-corrected chi connectivity index (χ1v) is 25.1. The second kappa shape index (κ2) is 29.1. The highest BCUT2D eigenvalue weighted by Crippen LogP contribution is 2.56. The third-order valence-electron chi connectivity index (χ3n) is 8.92. The van der Waals surface area contributed by atoms with Gasteiger partial charge in [-0.05, 0) is 19.8 Å². The lowest BCUT2D eigenvalue weighted by atomic mass is 9.87. The first kappa shape index (κ1) is 63.0. The van der Waals surface area contributed by atoms with Crippen LogP contribution in [0.5, 0.6) is 0 Å². The molecule has 0 bridgehead atoms. The van der Waals surface area contributed by atoms with Gasteiger partial charge in [-0.3, -0.25) is 32.9 Å². The van der Waals surface area contributed by atoms with E-state index in [2.05, 4.69) is 48.2 Å². The highest BCUT2D eigenvalue weighted by molar-refractivity contribution is 8.13. The smallest absolute Gasteiger partial charge is 0.305 e. The fraction of sp³-hybridized carbons (Fsp3) is 0.743. The molecular formula is C35H62N7O20P3S-4. The number of imidazole rings is 1. The highest BCUT2D eigenvalue weighted by Gasteiger charge is 2.55. The number of nitrogens with one attached hydrogen (secondary N) is 2. The summed E-state index contributed by atoms with van der Waals surface area (Å²) in [5, 5.41) is 33.5. The second-order valence-electron chi connectivity index (χ2n) is 14.5. The molecule has 7 atom stereocenters. The van der Waals surface area contributed by atoms with E-state index in [-0.39, 0.29) is 55.0 Å². The zero-order valence-corrected chi connectivity index (χ0v) is 40.3. The van der Waals surface area contributed by atoms with Crippen molar-refractivity contribution < 1.29 is 95.1 Å². The largest absolute Gasteiger partial charge is 0.790 e. The van der Waals surface area contributed by atoms with E-state index in [0.29, 0.717) is 18.6 Å². The minimum Gasteiger partial charge on any atom is -0.790 e. The number of nitrogens with two attached hydrogens (primary N) is 1. The Hall–Kier alpha value is -3.01. The van der Waals surface area contributed by atoms with Crippen molar-refractivity contribution in [1.82, 2.24) is 30.2 Å². The quantitative estimate of drug-likeness (QED) is 0.0398. The van der Waals surface area contributed by atoms with Crippen LogP contribution in [0.15, 0.2) is 12.7 Å².